The molecule has 0 N–H and O–H groups in total. The van der Waals surface area contributed by atoms with Crippen LogP contribution in [0.15, 0.2) is 24.3 Å². The highest BCUT2D eigenvalue weighted by atomic mass is 79.9. The first-order valence-electron chi connectivity index (χ1n) is 15.7. The molecule has 7 heteroatoms. The summed E-state index contributed by atoms with van der Waals surface area (Å²) in [7, 11) is 6.95. The Kier molecular flexibility index (Phi) is 15.1. The minimum atomic E-state index is -0.256. The Labute approximate surface area is 264 Å². The molecule has 6 nitrogen and oxygen atoms in total. The molecule has 0 saturated heterocycles. The van der Waals surface area contributed by atoms with E-state index in [0.29, 0.717) is 33.9 Å². The molecule has 42 heavy (non-hydrogen) atoms. The molecule has 0 spiro atoms. The van der Waals surface area contributed by atoms with Crippen LogP contribution in [0.5, 0.6) is 17.2 Å². The Morgan fingerprint density at radius 1 is 0.595 bits per heavy atom. The molecule has 0 bridgehead atoms. The number of methoxy groups -OCH3 is 3. The summed E-state index contributed by atoms with van der Waals surface area (Å²) >= 11 is 0. The van der Waals surface area contributed by atoms with Gasteiger partial charge in [0.25, 0.3) is 0 Å². The molecule has 0 saturated carbocycles. The second-order valence-corrected chi connectivity index (χ2v) is 11.9. The molecule has 0 radical (unpaired) electrons. The Morgan fingerprint density at radius 2 is 1.07 bits per heavy atom. The normalized spacial score (nSPS) is 12.4. The van der Waals surface area contributed by atoms with Crippen molar-refractivity contribution < 1.29 is 45.3 Å². The van der Waals surface area contributed by atoms with Crippen molar-refractivity contribution in [2.45, 2.75) is 97.4 Å². The fourth-order valence-corrected chi connectivity index (χ4v) is 6.15. The summed E-state index contributed by atoms with van der Waals surface area (Å²) in [6, 6.07) is 7.16. The van der Waals surface area contributed by atoms with Gasteiger partial charge in [-0.15, -0.1) is 0 Å². The summed E-state index contributed by atoms with van der Waals surface area (Å²) in [6.45, 7) is 7.51. The molecular formula is C35H52BrNO5. The third-order valence-electron chi connectivity index (χ3n) is 8.52. The lowest BCUT2D eigenvalue weighted by Crippen LogP contribution is -3.00. The first-order chi connectivity index (χ1) is 19.8. The van der Waals surface area contributed by atoms with E-state index in [-0.39, 0.29) is 34.1 Å². The van der Waals surface area contributed by atoms with Gasteiger partial charge in [-0.1, -0.05) is 65.2 Å². The number of hydrogen-bond donors (Lipinski definition) is 0. The van der Waals surface area contributed by atoms with Crippen LogP contribution in [0.2, 0.25) is 0 Å². The molecule has 234 valence electrons. The fraction of sp³-hybridized carbons (Fsp3) is 0.600. The summed E-state index contributed by atoms with van der Waals surface area (Å²) in [4.78, 5) is 27.6. The summed E-state index contributed by atoms with van der Waals surface area (Å²) in [5.41, 5.74) is 2.33. The maximum absolute atomic E-state index is 13.8. The summed E-state index contributed by atoms with van der Waals surface area (Å²) < 4.78 is 17.6. The van der Waals surface area contributed by atoms with Gasteiger partial charge in [-0.3, -0.25) is 9.59 Å². The highest BCUT2D eigenvalue weighted by Gasteiger charge is 2.36. The number of ketones is 2. The number of rotatable bonds is 19. The number of benzene rings is 2. The smallest absolute Gasteiger partial charge is 0.201 e. The molecule has 3 rings (SSSR count). The predicted octanol–water partition coefficient (Wildman–Crippen LogP) is 5.16. The van der Waals surface area contributed by atoms with Crippen molar-refractivity contribution in [1.29, 1.82) is 0 Å². The van der Waals surface area contributed by atoms with Crippen molar-refractivity contribution in [1.82, 2.24) is 0 Å². The van der Waals surface area contributed by atoms with Crippen molar-refractivity contribution in [3.8, 4) is 17.2 Å². The van der Waals surface area contributed by atoms with Crippen LogP contribution in [0.1, 0.15) is 128 Å². The standard InChI is InChI=1S/C35H52NO5.BrH/c1-7-9-11-13-15-17-19-36(3,20-18-16-14-12-10-8-2)25-26-21-28-32(30(22-26)40-5)35(38)33-29(34(28)37)23-27(39-4)24-31(33)41-6;/h21-24H,7-20,25H2,1-6H3;1H/q+1;/p-1. The molecule has 0 aliphatic heterocycles. The van der Waals surface area contributed by atoms with Gasteiger partial charge in [-0.2, -0.15) is 0 Å². The molecule has 1 aliphatic carbocycles. The van der Waals surface area contributed by atoms with Crippen molar-refractivity contribution >= 4 is 11.6 Å². The molecular weight excluding hydrogens is 594 g/mol. The summed E-state index contributed by atoms with van der Waals surface area (Å²) in [5, 5.41) is 0. The molecule has 0 heterocycles. The van der Waals surface area contributed by atoms with Gasteiger partial charge in [0.2, 0.25) is 5.78 Å². The van der Waals surface area contributed by atoms with Crippen LogP contribution < -0.4 is 31.2 Å². The first kappa shape index (κ1) is 35.8. The summed E-state index contributed by atoms with van der Waals surface area (Å²) in [5.74, 6) is 0.805. The Hall–Kier alpha value is -2.38. The molecule has 1 aliphatic rings. The fourth-order valence-electron chi connectivity index (χ4n) is 6.15. The van der Waals surface area contributed by atoms with E-state index in [0.717, 1.165) is 29.7 Å². The van der Waals surface area contributed by atoms with Gasteiger partial charge in [-0.05, 0) is 43.9 Å². The average molecular weight is 647 g/mol. The molecule has 0 amide bonds. The third-order valence-corrected chi connectivity index (χ3v) is 8.52. The Balaban J connectivity index is 0.00000616. The number of ether oxygens (including phenoxy) is 3. The Bertz CT molecular complexity index is 1160. The molecule has 2 aromatic carbocycles. The maximum Gasteiger partial charge on any atom is 0.201 e. The SMILES string of the molecule is CCCCCCCC[N+](C)(CCCCCCCC)Cc1cc(OC)c2c(c1)C(=O)c1cc(OC)cc(OC)c1C2=O.[Br-]. The van der Waals surface area contributed by atoms with Gasteiger partial charge in [0, 0.05) is 22.8 Å². The van der Waals surface area contributed by atoms with Crippen LogP contribution in [0.3, 0.4) is 0 Å². The second kappa shape index (κ2) is 17.7. The zero-order valence-electron chi connectivity index (χ0n) is 26.8. The number of unbranched alkanes of at least 4 members (excludes halogenated alkanes) is 10. The van der Waals surface area contributed by atoms with Crippen LogP contribution in [-0.2, 0) is 6.54 Å². The largest absolute Gasteiger partial charge is 1.00 e. The molecule has 0 fully saturated rings. The van der Waals surface area contributed by atoms with Crippen molar-refractivity contribution in [3.63, 3.8) is 0 Å². The van der Waals surface area contributed by atoms with Crippen molar-refractivity contribution in [2.75, 3.05) is 41.5 Å². The van der Waals surface area contributed by atoms with Crippen LogP contribution in [0, 0.1) is 0 Å². The van der Waals surface area contributed by atoms with E-state index < -0.39 is 0 Å². The van der Waals surface area contributed by atoms with Crippen LogP contribution in [-0.4, -0.2) is 57.5 Å². The van der Waals surface area contributed by atoms with E-state index in [1.807, 2.05) is 12.1 Å². The highest BCUT2D eigenvalue weighted by molar-refractivity contribution is 6.30. The van der Waals surface area contributed by atoms with Crippen LogP contribution >= 0.6 is 0 Å². The maximum atomic E-state index is 13.8. The second-order valence-electron chi connectivity index (χ2n) is 11.9. The monoisotopic (exact) mass is 645 g/mol. The highest BCUT2D eigenvalue weighted by Crippen LogP contribution is 2.40. The van der Waals surface area contributed by atoms with Crippen LogP contribution in [0.4, 0.5) is 0 Å². The van der Waals surface area contributed by atoms with Gasteiger partial charge in [0.05, 0.1) is 52.6 Å². The van der Waals surface area contributed by atoms with E-state index in [2.05, 4.69) is 20.9 Å². The number of carbonyl (C=O) groups excluding carboxylic acids is 2. The predicted molar refractivity (Wildman–Crippen MR) is 166 cm³/mol. The zero-order chi connectivity index (χ0) is 29.8. The Morgan fingerprint density at radius 3 is 1.57 bits per heavy atom. The van der Waals surface area contributed by atoms with E-state index in [4.69, 9.17) is 14.2 Å². The molecule has 0 unspecified atom stereocenters. The summed E-state index contributed by atoms with van der Waals surface area (Å²) in [6.07, 6.45) is 15.3. The lowest BCUT2D eigenvalue weighted by Gasteiger charge is -2.35. The van der Waals surface area contributed by atoms with Crippen LogP contribution in [0.25, 0.3) is 0 Å². The molecule has 0 aromatic heterocycles. The van der Waals surface area contributed by atoms with Gasteiger partial charge in [0.1, 0.15) is 23.8 Å². The average Bonchev–Trinajstić information content (AvgIpc) is 2.98. The number of quaternary nitrogens is 1. The molecule has 0 atom stereocenters. The van der Waals surface area contributed by atoms with Gasteiger partial charge >= 0.3 is 0 Å². The van der Waals surface area contributed by atoms with Gasteiger partial charge < -0.3 is 35.7 Å². The first-order valence-corrected chi connectivity index (χ1v) is 15.7. The van der Waals surface area contributed by atoms with Gasteiger partial charge in [0.15, 0.2) is 5.78 Å². The molecule has 2 aromatic rings. The third kappa shape index (κ3) is 9.06. The number of fused-ring (bicyclic) bond motifs is 2. The lowest BCUT2D eigenvalue weighted by molar-refractivity contribution is -0.923. The minimum Gasteiger partial charge on any atom is -1.00 e. The van der Waals surface area contributed by atoms with E-state index in [1.165, 1.54) is 91.3 Å². The number of hydrogen-bond acceptors (Lipinski definition) is 5. The van der Waals surface area contributed by atoms with E-state index in [9.17, 15) is 9.59 Å². The van der Waals surface area contributed by atoms with Gasteiger partial charge in [-0.25, -0.2) is 0 Å². The van der Waals surface area contributed by atoms with Crippen molar-refractivity contribution in [3.05, 3.63) is 52.1 Å². The van der Waals surface area contributed by atoms with Crippen molar-refractivity contribution in [2.24, 2.45) is 0 Å². The van der Waals surface area contributed by atoms with E-state index >= 15 is 0 Å². The number of carbonyl (C=O) groups is 2. The van der Waals surface area contributed by atoms with E-state index in [1.54, 1.807) is 19.2 Å². The topological polar surface area (TPSA) is 61.8 Å². The minimum absolute atomic E-state index is 0. The number of nitrogens with zero attached hydrogens (tertiary/aromatic N) is 1. The zero-order valence-corrected chi connectivity index (χ0v) is 28.4. The quantitative estimate of drug-likeness (QED) is 0.133. The number of halogens is 1. The lowest BCUT2D eigenvalue weighted by atomic mass is 9.82.